The highest BCUT2D eigenvalue weighted by atomic mass is 16.7. The van der Waals surface area contributed by atoms with E-state index in [-0.39, 0.29) is 12.5 Å². The molecule has 1 fully saturated rings. The average molecular weight is 389 g/mol. The Labute approximate surface area is 155 Å². The van der Waals surface area contributed by atoms with Gasteiger partial charge in [0.15, 0.2) is 18.1 Å². The number of nitrogens with one attached hydrogen (secondary N) is 1. The fraction of sp³-hybridized carbons (Fsp3) is 0.688. The summed E-state index contributed by atoms with van der Waals surface area (Å²) in [4.78, 5) is 45.7. The Hall–Kier alpha value is -2.69. The average Bonchev–Trinajstić information content (AvgIpc) is 2.49. The fourth-order valence-corrected chi connectivity index (χ4v) is 2.46. The van der Waals surface area contributed by atoms with Crippen molar-refractivity contribution in [1.29, 1.82) is 5.41 Å². The van der Waals surface area contributed by atoms with Gasteiger partial charge >= 0.3 is 23.9 Å². The zero-order valence-electron chi connectivity index (χ0n) is 15.7. The van der Waals surface area contributed by atoms with E-state index in [4.69, 9.17) is 33.8 Å². The molecule has 152 valence electrons. The number of ether oxygens (including phenoxy) is 6. The van der Waals surface area contributed by atoms with Crippen molar-refractivity contribution in [1.82, 2.24) is 0 Å². The molecule has 0 spiro atoms. The van der Waals surface area contributed by atoms with Crippen LogP contribution >= 0.6 is 0 Å². The van der Waals surface area contributed by atoms with Crippen LogP contribution in [0.1, 0.15) is 34.6 Å². The van der Waals surface area contributed by atoms with Crippen molar-refractivity contribution in [2.45, 2.75) is 65.3 Å². The maximum Gasteiger partial charge on any atom is 0.303 e. The summed E-state index contributed by atoms with van der Waals surface area (Å²) >= 11 is 0. The van der Waals surface area contributed by atoms with Crippen molar-refractivity contribution >= 4 is 29.8 Å². The monoisotopic (exact) mass is 389 g/mol. The predicted molar refractivity (Wildman–Crippen MR) is 86.4 cm³/mol. The first-order chi connectivity index (χ1) is 12.5. The summed E-state index contributed by atoms with van der Waals surface area (Å²) in [5.41, 5.74) is 0. The molecule has 0 aromatic carbocycles. The molecular weight excluding hydrogens is 366 g/mol. The molecule has 0 aromatic heterocycles. The minimum atomic E-state index is -1.36. The Balaban J connectivity index is 3.29. The largest absolute Gasteiger partial charge is 0.463 e. The lowest BCUT2D eigenvalue weighted by molar-refractivity contribution is -0.291. The van der Waals surface area contributed by atoms with Crippen LogP contribution in [0.5, 0.6) is 0 Å². The number of carbonyl (C=O) groups excluding carboxylic acids is 4. The van der Waals surface area contributed by atoms with E-state index in [1.54, 1.807) is 0 Å². The van der Waals surface area contributed by atoms with Gasteiger partial charge in [0.25, 0.3) is 0 Å². The molecule has 11 heteroatoms. The van der Waals surface area contributed by atoms with Crippen molar-refractivity contribution in [3.05, 3.63) is 0 Å². The van der Waals surface area contributed by atoms with Gasteiger partial charge in [-0.25, -0.2) is 0 Å². The van der Waals surface area contributed by atoms with Crippen molar-refractivity contribution < 1.29 is 47.6 Å². The number of carbonyl (C=O) groups is 4. The number of esters is 4. The molecule has 0 aromatic rings. The molecule has 0 radical (unpaired) electrons. The Morgan fingerprint density at radius 3 is 1.67 bits per heavy atom. The molecule has 1 heterocycles. The van der Waals surface area contributed by atoms with Crippen molar-refractivity contribution in [3.8, 4) is 0 Å². The second kappa shape index (κ2) is 9.86. The Morgan fingerprint density at radius 1 is 0.741 bits per heavy atom. The van der Waals surface area contributed by atoms with Gasteiger partial charge in [0.1, 0.15) is 12.7 Å². The molecule has 5 atom stereocenters. The Bertz CT molecular complexity index is 604. The number of hydrogen-bond donors (Lipinski definition) is 1. The van der Waals surface area contributed by atoms with Crippen LogP contribution in [-0.2, 0) is 47.6 Å². The molecule has 1 saturated heterocycles. The number of rotatable bonds is 6. The molecule has 0 aliphatic carbocycles. The Kier molecular flexibility index (Phi) is 8.16. The molecule has 27 heavy (non-hydrogen) atoms. The molecule has 0 saturated carbocycles. The normalized spacial score (nSPS) is 27.1. The second-order valence-corrected chi connectivity index (χ2v) is 5.74. The third-order valence-corrected chi connectivity index (χ3v) is 3.24. The third kappa shape index (κ3) is 7.21. The van der Waals surface area contributed by atoms with Gasteiger partial charge in [0.2, 0.25) is 12.4 Å². The van der Waals surface area contributed by atoms with E-state index < -0.39 is 54.6 Å². The summed E-state index contributed by atoms with van der Waals surface area (Å²) in [6.45, 7) is 5.49. The Morgan fingerprint density at radius 2 is 1.22 bits per heavy atom. The lowest BCUT2D eigenvalue weighted by Gasteiger charge is -2.43. The van der Waals surface area contributed by atoms with E-state index in [1.807, 2.05) is 0 Å². The van der Waals surface area contributed by atoms with Gasteiger partial charge in [-0.3, -0.25) is 24.6 Å². The zero-order chi connectivity index (χ0) is 20.7. The molecule has 11 nitrogen and oxygen atoms in total. The topological polar surface area (TPSA) is 148 Å². The lowest BCUT2D eigenvalue weighted by Crippen LogP contribution is -2.63. The van der Waals surface area contributed by atoms with Gasteiger partial charge in [-0.15, -0.1) is 0 Å². The standard InChI is InChI=1S/C16H23NO10/c1-7(17)23-16-15(26-11(5)21)14(25-10(4)20)13(24-9(3)19)12(27-16)6-22-8(2)18/h12-17H,6H2,1-5H3. The van der Waals surface area contributed by atoms with Crippen LogP contribution in [0.25, 0.3) is 0 Å². The van der Waals surface area contributed by atoms with Crippen LogP contribution in [0.2, 0.25) is 0 Å². The molecule has 1 N–H and O–H groups in total. The highest BCUT2D eigenvalue weighted by Gasteiger charge is 2.53. The molecule has 5 unspecified atom stereocenters. The predicted octanol–water partition coefficient (Wildman–Crippen LogP) is 0.0833. The van der Waals surface area contributed by atoms with Gasteiger partial charge in [0, 0.05) is 34.6 Å². The summed E-state index contributed by atoms with van der Waals surface area (Å²) in [6.07, 6.45) is -6.35. The molecule has 1 aliphatic heterocycles. The highest BCUT2D eigenvalue weighted by Crippen LogP contribution is 2.30. The third-order valence-electron chi connectivity index (χ3n) is 3.24. The van der Waals surface area contributed by atoms with Crippen LogP contribution in [0.4, 0.5) is 0 Å². The van der Waals surface area contributed by atoms with E-state index in [2.05, 4.69) is 0 Å². The van der Waals surface area contributed by atoms with E-state index in [9.17, 15) is 19.2 Å². The maximum absolute atomic E-state index is 11.6. The summed E-state index contributed by atoms with van der Waals surface area (Å²) < 4.78 is 31.2. The van der Waals surface area contributed by atoms with Crippen LogP contribution in [-0.4, -0.2) is 67.1 Å². The molecule has 1 rings (SSSR count). The van der Waals surface area contributed by atoms with Crippen molar-refractivity contribution in [2.75, 3.05) is 6.61 Å². The van der Waals surface area contributed by atoms with Crippen LogP contribution in [0.15, 0.2) is 0 Å². The minimum Gasteiger partial charge on any atom is -0.463 e. The highest BCUT2D eigenvalue weighted by molar-refractivity contribution is 5.70. The van der Waals surface area contributed by atoms with E-state index in [0.29, 0.717) is 0 Å². The minimum absolute atomic E-state index is 0.268. The van der Waals surface area contributed by atoms with Gasteiger partial charge in [-0.05, 0) is 0 Å². The second-order valence-electron chi connectivity index (χ2n) is 5.74. The SMILES string of the molecule is CC(=N)OC1OC(COC(C)=O)C(OC(C)=O)C(OC(C)=O)C1OC(C)=O. The summed E-state index contributed by atoms with van der Waals surface area (Å²) in [7, 11) is 0. The fourth-order valence-electron chi connectivity index (χ4n) is 2.46. The smallest absolute Gasteiger partial charge is 0.303 e. The summed E-state index contributed by atoms with van der Waals surface area (Å²) in [5.74, 6) is -3.09. The quantitative estimate of drug-likeness (QED) is 0.287. The van der Waals surface area contributed by atoms with Crippen LogP contribution < -0.4 is 0 Å². The van der Waals surface area contributed by atoms with Gasteiger partial charge < -0.3 is 28.4 Å². The maximum atomic E-state index is 11.6. The van der Waals surface area contributed by atoms with Crippen molar-refractivity contribution in [3.63, 3.8) is 0 Å². The van der Waals surface area contributed by atoms with Gasteiger partial charge in [-0.1, -0.05) is 0 Å². The van der Waals surface area contributed by atoms with E-state index >= 15 is 0 Å². The zero-order valence-corrected chi connectivity index (χ0v) is 15.7. The molecular formula is C16H23NO10. The number of hydrogen-bond acceptors (Lipinski definition) is 11. The van der Waals surface area contributed by atoms with E-state index in [1.165, 1.54) is 13.8 Å². The lowest BCUT2D eigenvalue weighted by atomic mass is 9.98. The van der Waals surface area contributed by atoms with Crippen LogP contribution in [0.3, 0.4) is 0 Å². The van der Waals surface area contributed by atoms with Crippen molar-refractivity contribution in [2.24, 2.45) is 0 Å². The molecule has 0 bridgehead atoms. The molecule has 1 aliphatic rings. The first-order valence-electron chi connectivity index (χ1n) is 8.03. The van der Waals surface area contributed by atoms with Gasteiger partial charge in [0.05, 0.1) is 0 Å². The van der Waals surface area contributed by atoms with Crippen LogP contribution in [0, 0.1) is 5.41 Å². The summed E-state index contributed by atoms with van der Waals surface area (Å²) in [5, 5.41) is 7.49. The summed E-state index contributed by atoms with van der Waals surface area (Å²) in [6, 6.07) is 0. The first-order valence-corrected chi connectivity index (χ1v) is 8.03. The van der Waals surface area contributed by atoms with E-state index in [0.717, 1.165) is 20.8 Å². The molecule has 0 amide bonds. The first kappa shape index (κ1) is 22.4. The van der Waals surface area contributed by atoms with Gasteiger partial charge in [-0.2, -0.15) is 0 Å².